The van der Waals surface area contributed by atoms with Crippen LogP contribution in [0.3, 0.4) is 0 Å². The van der Waals surface area contributed by atoms with Crippen molar-refractivity contribution in [1.82, 2.24) is 0 Å². The maximum absolute atomic E-state index is 11.7. The lowest BCUT2D eigenvalue weighted by Crippen LogP contribution is -2.29. The van der Waals surface area contributed by atoms with E-state index in [0.717, 1.165) is 12.0 Å². The van der Waals surface area contributed by atoms with Crippen molar-refractivity contribution < 1.29 is 9.59 Å². The zero-order valence-electron chi connectivity index (χ0n) is 12.7. The Balaban J connectivity index is 1.94. The molecule has 0 fully saturated rings. The van der Waals surface area contributed by atoms with Crippen LogP contribution in [0.15, 0.2) is 65.8 Å². The molecule has 0 radical (unpaired) electrons. The molecule has 3 heteroatoms. The number of amides is 2. The normalized spacial score (nSPS) is 17.3. The summed E-state index contributed by atoms with van der Waals surface area (Å²) >= 11 is 0. The Hall–Kier alpha value is -2.68. The first kappa shape index (κ1) is 14.3. The molecule has 1 aromatic carbocycles. The molecule has 0 aromatic heterocycles. The zero-order chi connectivity index (χ0) is 15.7. The highest BCUT2D eigenvalue weighted by Crippen LogP contribution is 2.32. The molecular weight excluding hydrogens is 274 g/mol. The third-order valence-electron chi connectivity index (χ3n) is 3.90. The molecule has 3 rings (SSSR count). The van der Waals surface area contributed by atoms with Crippen molar-refractivity contribution in [3.8, 4) is 0 Å². The van der Waals surface area contributed by atoms with Crippen LogP contribution in [-0.2, 0) is 9.59 Å². The molecule has 3 nitrogen and oxygen atoms in total. The molecule has 0 atom stereocenters. The summed E-state index contributed by atoms with van der Waals surface area (Å²) in [5, 5.41) is 0. The van der Waals surface area contributed by atoms with Crippen molar-refractivity contribution in [3.05, 3.63) is 71.4 Å². The van der Waals surface area contributed by atoms with Crippen LogP contribution >= 0.6 is 0 Å². The van der Waals surface area contributed by atoms with Crippen molar-refractivity contribution in [1.29, 1.82) is 0 Å². The summed E-state index contributed by atoms with van der Waals surface area (Å²) in [6.07, 6.45) is 9.84. The molecule has 22 heavy (non-hydrogen) atoms. The minimum atomic E-state index is -0.289. The largest absolute Gasteiger partial charge is 0.269 e. The summed E-state index contributed by atoms with van der Waals surface area (Å²) in [7, 11) is 0. The van der Waals surface area contributed by atoms with Crippen LogP contribution in [-0.4, -0.2) is 11.8 Å². The summed E-state index contributed by atoms with van der Waals surface area (Å²) in [5.41, 5.74) is 5.52. The molecule has 2 amide bonds. The average Bonchev–Trinajstić information content (AvgIpc) is 2.86. The van der Waals surface area contributed by atoms with Gasteiger partial charge in [0.25, 0.3) is 11.8 Å². The van der Waals surface area contributed by atoms with E-state index >= 15 is 0 Å². The minimum Gasteiger partial charge on any atom is -0.269 e. The van der Waals surface area contributed by atoms with Gasteiger partial charge in [-0.05, 0) is 49.1 Å². The van der Waals surface area contributed by atoms with Gasteiger partial charge in [0.15, 0.2) is 0 Å². The number of imide groups is 1. The topological polar surface area (TPSA) is 37.4 Å². The molecule has 2 aliphatic rings. The van der Waals surface area contributed by atoms with Gasteiger partial charge in [-0.25, -0.2) is 4.90 Å². The van der Waals surface area contributed by atoms with Crippen molar-refractivity contribution >= 4 is 23.1 Å². The molecule has 0 saturated heterocycles. The van der Waals surface area contributed by atoms with Crippen LogP contribution in [0, 0.1) is 0 Å². The molecule has 1 aliphatic carbocycles. The predicted octanol–water partition coefficient (Wildman–Crippen LogP) is 3.80. The van der Waals surface area contributed by atoms with Crippen molar-refractivity contribution in [3.63, 3.8) is 0 Å². The lowest BCUT2D eigenvalue weighted by atomic mass is 9.89. The Morgan fingerprint density at radius 1 is 1.00 bits per heavy atom. The third-order valence-corrected chi connectivity index (χ3v) is 3.90. The molecule has 110 valence electrons. The van der Waals surface area contributed by atoms with E-state index in [0.29, 0.717) is 5.69 Å². The van der Waals surface area contributed by atoms with E-state index in [1.807, 2.05) is 24.3 Å². The molecule has 1 heterocycles. The zero-order valence-corrected chi connectivity index (χ0v) is 12.7. The first-order valence-corrected chi connectivity index (χ1v) is 7.28. The van der Waals surface area contributed by atoms with Gasteiger partial charge in [0.05, 0.1) is 5.69 Å². The quantitative estimate of drug-likeness (QED) is 0.777. The van der Waals surface area contributed by atoms with Crippen LogP contribution in [0.25, 0.3) is 5.57 Å². The van der Waals surface area contributed by atoms with E-state index in [1.165, 1.54) is 33.8 Å². The van der Waals surface area contributed by atoms with Gasteiger partial charge < -0.3 is 0 Å². The first-order chi connectivity index (χ1) is 10.6. The van der Waals surface area contributed by atoms with E-state index in [-0.39, 0.29) is 11.8 Å². The van der Waals surface area contributed by atoms with Gasteiger partial charge in [-0.15, -0.1) is 0 Å². The Morgan fingerprint density at radius 3 is 2.23 bits per heavy atom. The predicted molar refractivity (Wildman–Crippen MR) is 88.2 cm³/mol. The summed E-state index contributed by atoms with van der Waals surface area (Å²) < 4.78 is 0. The SMILES string of the molecule is CC(C)=C1CC=CC=C1c1ccc(N2C(=O)C=CC2=O)cc1. The minimum absolute atomic E-state index is 0.289. The first-order valence-electron chi connectivity index (χ1n) is 7.28. The Bertz CT molecular complexity index is 739. The second kappa shape index (κ2) is 5.60. The fourth-order valence-electron chi connectivity index (χ4n) is 2.75. The van der Waals surface area contributed by atoms with Crippen molar-refractivity contribution in [2.45, 2.75) is 20.3 Å². The molecule has 0 bridgehead atoms. The van der Waals surface area contributed by atoms with Crippen LogP contribution in [0.2, 0.25) is 0 Å². The number of rotatable bonds is 2. The van der Waals surface area contributed by atoms with E-state index in [9.17, 15) is 9.59 Å². The van der Waals surface area contributed by atoms with E-state index in [1.54, 1.807) is 0 Å². The Labute approximate surface area is 129 Å². The maximum Gasteiger partial charge on any atom is 0.258 e. The van der Waals surface area contributed by atoms with Crippen LogP contribution in [0.1, 0.15) is 25.8 Å². The van der Waals surface area contributed by atoms with Crippen LogP contribution in [0.5, 0.6) is 0 Å². The third kappa shape index (κ3) is 2.46. The smallest absolute Gasteiger partial charge is 0.258 e. The van der Waals surface area contributed by atoms with Gasteiger partial charge in [-0.2, -0.15) is 0 Å². The van der Waals surface area contributed by atoms with E-state index in [2.05, 4.69) is 32.1 Å². The number of hydrogen-bond donors (Lipinski definition) is 0. The number of benzene rings is 1. The van der Waals surface area contributed by atoms with E-state index in [4.69, 9.17) is 0 Å². The Morgan fingerprint density at radius 2 is 1.64 bits per heavy atom. The van der Waals surface area contributed by atoms with Gasteiger partial charge >= 0.3 is 0 Å². The molecule has 0 spiro atoms. The fraction of sp³-hybridized carbons (Fsp3) is 0.158. The van der Waals surface area contributed by atoms with Crippen molar-refractivity contribution in [2.75, 3.05) is 4.90 Å². The Kier molecular flexibility index (Phi) is 3.63. The van der Waals surface area contributed by atoms with Crippen molar-refractivity contribution in [2.24, 2.45) is 0 Å². The summed E-state index contributed by atoms with van der Waals surface area (Å²) in [6.45, 7) is 4.23. The van der Waals surface area contributed by atoms with Crippen LogP contribution in [0.4, 0.5) is 5.69 Å². The maximum atomic E-state index is 11.7. The fourth-order valence-corrected chi connectivity index (χ4v) is 2.75. The van der Waals surface area contributed by atoms with Crippen LogP contribution < -0.4 is 4.90 Å². The molecule has 0 N–H and O–H groups in total. The lowest BCUT2D eigenvalue weighted by molar-refractivity contribution is -0.119. The molecule has 0 saturated carbocycles. The monoisotopic (exact) mass is 291 g/mol. The summed E-state index contributed by atoms with van der Waals surface area (Å²) in [4.78, 5) is 24.6. The average molecular weight is 291 g/mol. The number of carbonyl (C=O) groups excluding carboxylic acids is 2. The highest BCUT2D eigenvalue weighted by atomic mass is 16.2. The second-order valence-corrected chi connectivity index (χ2v) is 5.58. The molecular formula is C19H17NO2. The van der Waals surface area contributed by atoms with Gasteiger partial charge in [-0.3, -0.25) is 9.59 Å². The number of allylic oxidation sites excluding steroid dienone is 6. The molecule has 1 aromatic rings. The number of nitrogens with zero attached hydrogens (tertiary/aromatic N) is 1. The number of anilines is 1. The van der Waals surface area contributed by atoms with Gasteiger partial charge in [0.2, 0.25) is 0 Å². The summed E-state index contributed by atoms with van der Waals surface area (Å²) in [6, 6.07) is 7.56. The lowest BCUT2D eigenvalue weighted by Gasteiger charge is -2.18. The highest BCUT2D eigenvalue weighted by Gasteiger charge is 2.25. The molecule has 0 unspecified atom stereocenters. The van der Waals surface area contributed by atoms with E-state index < -0.39 is 0 Å². The number of hydrogen-bond acceptors (Lipinski definition) is 2. The van der Waals surface area contributed by atoms with Gasteiger partial charge in [0.1, 0.15) is 0 Å². The number of carbonyl (C=O) groups is 2. The second-order valence-electron chi connectivity index (χ2n) is 5.58. The van der Waals surface area contributed by atoms with Gasteiger partial charge in [0, 0.05) is 12.2 Å². The van der Waals surface area contributed by atoms with Gasteiger partial charge in [-0.1, -0.05) is 35.9 Å². The highest BCUT2D eigenvalue weighted by molar-refractivity contribution is 6.28. The summed E-state index contributed by atoms with van der Waals surface area (Å²) in [5.74, 6) is -0.579. The standard InChI is InChI=1S/C19H17NO2/c1-13(2)16-5-3-4-6-17(16)14-7-9-15(10-8-14)20-18(21)11-12-19(20)22/h3-4,6-12H,5H2,1-2H3. The molecule has 1 aliphatic heterocycles.